The van der Waals surface area contributed by atoms with Gasteiger partial charge in [0.15, 0.2) is 0 Å². The van der Waals surface area contributed by atoms with Gasteiger partial charge in [0.1, 0.15) is 18.1 Å². The SMILES string of the molecule is CC(C)C(NC(=O)C(N)CS)C(=O)NC(Cc1cnc[nH]1)C(=O)NC(CCC(=O)O)C(=O)O. The summed E-state index contributed by atoms with van der Waals surface area (Å²) in [7, 11) is 0. The van der Waals surface area contributed by atoms with Crippen molar-refractivity contribution in [1.29, 1.82) is 0 Å². The third-order valence-corrected chi connectivity index (χ3v) is 5.05. The first kappa shape index (κ1) is 27.9. The molecule has 0 fully saturated rings. The molecule has 8 N–H and O–H groups in total. The number of aliphatic carboxylic acids is 2. The van der Waals surface area contributed by atoms with E-state index in [1.165, 1.54) is 12.5 Å². The average Bonchev–Trinajstić information content (AvgIpc) is 3.25. The summed E-state index contributed by atoms with van der Waals surface area (Å²) in [5.74, 6) is -5.03. The van der Waals surface area contributed by atoms with Crippen molar-refractivity contribution >= 4 is 42.3 Å². The summed E-state index contributed by atoms with van der Waals surface area (Å²) in [5, 5.41) is 25.4. The molecule has 0 bridgehead atoms. The van der Waals surface area contributed by atoms with Gasteiger partial charge in [-0.3, -0.25) is 19.2 Å². The second-order valence-corrected chi connectivity index (χ2v) is 8.06. The molecule has 1 aromatic heterocycles. The van der Waals surface area contributed by atoms with Gasteiger partial charge in [0.2, 0.25) is 17.7 Å². The number of imidazole rings is 1. The molecule has 14 heteroatoms. The highest BCUT2D eigenvalue weighted by molar-refractivity contribution is 7.80. The van der Waals surface area contributed by atoms with Crippen LogP contribution in [0.3, 0.4) is 0 Å². The molecular formula is C19H30N6O7S. The number of carboxylic acids is 2. The van der Waals surface area contributed by atoms with Crippen molar-refractivity contribution in [3.8, 4) is 0 Å². The van der Waals surface area contributed by atoms with Crippen LogP contribution >= 0.6 is 12.6 Å². The van der Waals surface area contributed by atoms with E-state index >= 15 is 0 Å². The molecule has 184 valence electrons. The molecule has 33 heavy (non-hydrogen) atoms. The highest BCUT2D eigenvalue weighted by Gasteiger charge is 2.32. The van der Waals surface area contributed by atoms with Gasteiger partial charge in [0.05, 0.1) is 12.4 Å². The summed E-state index contributed by atoms with van der Waals surface area (Å²) >= 11 is 3.96. The number of rotatable bonds is 14. The minimum atomic E-state index is -1.47. The number of aromatic nitrogens is 2. The molecule has 0 aliphatic rings. The van der Waals surface area contributed by atoms with Gasteiger partial charge in [-0.1, -0.05) is 13.8 Å². The van der Waals surface area contributed by atoms with Crippen LogP contribution < -0.4 is 21.7 Å². The molecule has 4 atom stereocenters. The van der Waals surface area contributed by atoms with Crippen LogP contribution in [0.2, 0.25) is 0 Å². The Morgan fingerprint density at radius 1 is 1.06 bits per heavy atom. The minimum Gasteiger partial charge on any atom is -0.481 e. The van der Waals surface area contributed by atoms with Gasteiger partial charge >= 0.3 is 11.9 Å². The Labute approximate surface area is 195 Å². The van der Waals surface area contributed by atoms with Crippen LogP contribution in [0, 0.1) is 5.92 Å². The average molecular weight is 487 g/mol. The maximum Gasteiger partial charge on any atom is 0.326 e. The van der Waals surface area contributed by atoms with Crippen molar-refractivity contribution in [3.63, 3.8) is 0 Å². The first-order valence-electron chi connectivity index (χ1n) is 10.2. The van der Waals surface area contributed by atoms with E-state index in [1.807, 2.05) is 0 Å². The summed E-state index contributed by atoms with van der Waals surface area (Å²) in [6.45, 7) is 3.38. The Balaban J connectivity index is 3.03. The van der Waals surface area contributed by atoms with E-state index in [0.717, 1.165) is 0 Å². The van der Waals surface area contributed by atoms with Crippen LogP contribution in [0.15, 0.2) is 12.5 Å². The van der Waals surface area contributed by atoms with E-state index in [4.69, 9.17) is 10.8 Å². The fourth-order valence-corrected chi connectivity index (χ4v) is 2.93. The van der Waals surface area contributed by atoms with Crippen molar-refractivity contribution in [2.24, 2.45) is 11.7 Å². The van der Waals surface area contributed by atoms with Crippen molar-refractivity contribution in [2.45, 2.75) is 57.3 Å². The van der Waals surface area contributed by atoms with Gasteiger partial charge in [0, 0.05) is 30.5 Å². The molecule has 0 saturated heterocycles. The number of carbonyl (C=O) groups excluding carboxylic acids is 3. The monoisotopic (exact) mass is 486 g/mol. The minimum absolute atomic E-state index is 0.0578. The zero-order valence-corrected chi connectivity index (χ0v) is 19.2. The number of aromatic amines is 1. The fraction of sp³-hybridized carbons (Fsp3) is 0.579. The highest BCUT2D eigenvalue weighted by Crippen LogP contribution is 2.07. The third-order valence-electron chi connectivity index (χ3n) is 4.65. The van der Waals surface area contributed by atoms with E-state index in [9.17, 15) is 29.1 Å². The molecule has 1 rings (SSSR count). The number of hydrogen-bond donors (Lipinski definition) is 8. The summed E-state index contributed by atoms with van der Waals surface area (Å²) in [6, 6.07) is -4.66. The number of carbonyl (C=O) groups is 5. The number of carboxylic acid groups (broad SMARTS) is 2. The van der Waals surface area contributed by atoms with Gasteiger partial charge in [-0.25, -0.2) is 9.78 Å². The lowest BCUT2D eigenvalue weighted by atomic mass is 10.0. The molecule has 0 aromatic carbocycles. The van der Waals surface area contributed by atoms with Gasteiger partial charge in [-0.15, -0.1) is 0 Å². The number of thiol groups is 1. The first-order valence-corrected chi connectivity index (χ1v) is 10.8. The number of nitrogens with two attached hydrogens (primary N) is 1. The smallest absolute Gasteiger partial charge is 0.326 e. The van der Waals surface area contributed by atoms with Crippen molar-refractivity contribution < 1.29 is 34.2 Å². The molecule has 0 aliphatic heterocycles. The number of nitrogens with one attached hydrogen (secondary N) is 4. The topological polar surface area (TPSA) is 217 Å². The molecule has 1 heterocycles. The quantitative estimate of drug-likeness (QED) is 0.140. The number of nitrogens with zero attached hydrogens (tertiary/aromatic N) is 1. The van der Waals surface area contributed by atoms with Crippen molar-refractivity contribution in [3.05, 3.63) is 18.2 Å². The van der Waals surface area contributed by atoms with Crippen LogP contribution in [0.4, 0.5) is 0 Å². The Bertz CT molecular complexity index is 833. The van der Waals surface area contributed by atoms with Crippen LogP contribution in [-0.4, -0.2) is 79.8 Å². The highest BCUT2D eigenvalue weighted by atomic mass is 32.1. The Morgan fingerprint density at radius 2 is 1.70 bits per heavy atom. The molecule has 0 radical (unpaired) electrons. The lowest BCUT2D eigenvalue weighted by Gasteiger charge is -2.26. The van der Waals surface area contributed by atoms with E-state index in [0.29, 0.717) is 5.69 Å². The second kappa shape index (κ2) is 13.4. The van der Waals surface area contributed by atoms with E-state index in [2.05, 4.69) is 38.5 Å². The Kier molecular flexibility index (Phi) is 11.4. The van der Waals surface area contributed by atoms with Gasteiger partial charge in [-0.2, -0.15) is 12.6 Å². The van der Waals surface area contributed by atoms with Crippen LogP contribution in [0.1, 0.15) is 32.4 Å². The lowest BCUT2D eigenvalue weighted by Crippen LogP contribution is -2.59. The summed E-state index contributed by atoms with van der Waals surface area (Å²) in [5.41, 5.74) is 6.13. The van der Waals surface area contributed by atoms with Crippen LogP contribution in [0.25, 0.3) is 0 Å². The molecule has 0 aliphatic carbocycles. The van der Waals surface area contributed by atoms with Gasteiger partial charge < -0.3 is 36.9 Å². The second-order valence-electron chi connectivity index (χ2n) is 7.69. The predicted octanol–water partition coefficient (Wildman–Crippen LogP) is -1.73. The van der Waals surface area contributed by atoms with Crippen LogP contribution in [0.5, 0.6) is 0 Å². The van der Waals surface area contributed by atoms with E-state index in [-0.39, 0.29) is 24.5 Å². The molecule has 1 aromatic rings. The van der Waals surface area contributed by atoms with Crippen LogP contribution in [-0.2, 0) is 30.4 Å². The third kappa shape index (κ3) is 9.49. The number of H-pyrrole nitrogens is 1. The molecule has 13 nitrogen and oxygen atoms in total. The lowest BCUT2D eigenvalue weighted by molar-refractivity contribution is -0.143. The molecular weight excluding hydrogens is 456 g/mol. The summed E-state index contributed by atoms with van der Waals surface area (Å²) < 4.78 is 0. The first-order chi connectivity index (χ1) is 15.5. The fourth-order valence-electron chi connectivity index (χ4n) is 2.76. The predicted molar refractivity (Wildman–Crippen MR) is 119 cm³/mol. The number of amides is 3. The molecule has 0 saturated carbocycles. The molecule has 3 amide bonds. The summed E-state index contributed by atoms with van der Waals surface area (Å²) in [6.07, 6.45) is 1.93. The largest absolute Gasteiger partial charge is 0.481 e. The van der Waals surface area contributed by atoms with E-state index < -0.39 is 60.2 Å². The zero-order chi connectivity index (χ0) is 25.1. The summed E-state index contributed by atoms with van der Waals surface area (Å²) in [4.78, 5) is 66.8. The van der Waals surface area contributed by atoms with Gasteiger partial charge in [0.25, 0.3) is 0 Å². The zero-order valence-electron chi connectivity index (χ0n) is 18.3. The molecule has 4 unspecified atom stereocenters. The Hall–Kier alpha value is -3.13. The molecule has 0 spiro atoms. The standard InChI is InChI=1S/C19H30N6O7S/c1-9(2)15(25-16(28)11(20)7-33)18(30)24-13(5-10-6-21-8-22-10)17(29)23-12(19(31)32)3-4-14(26)27/h6,8-9,11-13,15,33H,3-5,7,20H2,1-2H3,(H,21,22)(H,23,29)(H,24,30)(H,25,28)(H,26,27)(H,31,32). The van der Waals surface area contributed by atoms with Crippen molar-refractivity contribution in [1.82, 2.24) is 25.9 Å². The normalized spacial score (nSPS) is 14.6. The van der Waals surface area contributed by atoms with Gasteiger partial charge in [-0.05, 0) is 12.3 Å². The Morgan fingerprint density at radius 3 is 2.18 bits per heavy atom. The van der Waals surface area contributed by atoms with Crippen molar-refractivity contribution in [2.75, 3.05) is 5.75 Å². The number of hydrogen-bond acceptors (Lipinski definition) is 8. The maximum absolute atomic E-state index is 12.9. The van der Waals surface area contributed by atoms with E-state index in [1.54, 1.807) is 13.8 Å². The maximum atomic E-state index is 12.9.